The van der Waals surface area contributed by atoms with Gasteiger partial charge in [-0.3, -0.25) is 10.00 Å². The summed E-state index contributed by atoms with van der Waals surface area (Å²) in [6.07, 6.45) is 1.58. The lowest BCUT2D eigenvalue weighted by Gasteiger charge is -2.35. The van der Waals surface area contributed by atoms with E-state index >= 15 is 0 Å². The van der Waals surface area contributed by atoms with Gasteiger partial charge in [-0.2, -0.15) is 5.10 Å². The molecule has 1 N–H and O–H groups in total. The maximum absolute atomic E-state index is 12.6. The average molecular weight is 430 g/mol. The molecule has 2 fully saturated rings. The molecule has 4 heterocycles. The Morgan fingerprint density at radius 1 is 1.00 bits per heavy atom. The van der Waals surface area contributed by atoms with Gasteiger partial charge in [-0.15, -0.1) is 0 Å². The van der Waals surface area contributed by atoms with Crippen LogP contribution in [-0.4, -0.2) is 96.2 Å². The Kier molecular flexibility index (Phi) is 6.16. The summed E-state index contributed by atoms with van der Waals surface area (Å²) < 4.78 is 11.5. The van der Waals surface area contributed by atoms with E-state index in [1.54, 1.807) is 18.3 Å². The molecule has 0 aromatic carbocycles. The number of urea groups is 1. The van der Waals surface area contributed by atoms with Crippen molar-refractivity contribution in [3.05, 3.63) is 24.2 Å². The molecule has 0 spiro atoms. The molecule has 31 heavy (non-hydrogen) atoms. The molecule has 2 aromatic rings. The van der Waals surface area contributed by atoms with Crippen molar-refractivity contribution in [2.45, 2.75) is 0 Å². The topological polar surface area (TPSA) is 118 Å². The lowest BCUT2D eigenvalue weighted by molar-refractivity contribution is 0.0588. The van der Waals surface area contributed by atoms with Gasteiger partial charge in [0.05, 0.1) is 20.3 Å². The molecule has 2 saturated heterocycles. The summed E-state index contributed by atoms with van der Waals surface area (Å²) in [5.74, 6) is 1.54. The van der Waals surface area contributed by atoms with Crippen molar-refractivity contribution in [3.8, 4) is 0 Å². The Morgan fingerprint density at radius 3 is 2.29 bits per heavy atom. The molecule has 2 aliphatic rings. The van der Waals surface area contributed by atoms with Crippen molar-refractivity contribution in [3.63, 3.8) is 0 Å². The van der Waals surface area contributed by atoms with Gasteiger partial charge in [0.25, 0.3) is 0 Å². The molecule has 0 bridgehead atoms. The molecule has 0 atom stereocenters. The highest BCUT2D eigenvalue weighted by Crippen LogP contribution is 2.20. The van der Waals surface area contributed by atoms with E-state index in [1.165, 1.54) is 17.9 Å². The van der Waals surface area contributed by atoms with E-state index in [0.717, 1.165) is 24.7 Å². The molecule has 0 saturated carbocycles. The second-order valence-corrected chi connectivity index (χ2v) is 7.27. The monoisotopic (exact) mass is 430 g/mol. The summed E-state index contributed by atoms with van der Waals surface area (Å²) in [4.78, 5) is 39.2. The fraction of sp³-hybridized carbons (Fsp3) is 0.526. The Labute approximate surface area is 179 Å². The van der Waals surface area contributed by atoms with Crippen molar-refractivity contribution in [1.82, 2.24) is 24.6 Å². The van der Waals surface area contributed by atoms with Crippen LogP contribution in [0, 0.1) is 0 Å². The van der Waals surface area contributed by atoms with E-state index < -0.39 is 5.97 Å². The number of aromatic nitrogens is 4. The Bertz CT molecular complexity index is 935. The minimum atomic E-state index is -0.509. The van der Waals surface area contributed by atoms with E-state index in [4.69, 9.17) is 9.47 Å². The first-order chi connectivity index (χ1) is 15.0. The molecular formula is C19H26N8O4. The fourth-order valence-electron chi connectivity index (χ4n) is 3.63. The number of esters is 1. The minimum Gasteiger partial charge on any atom is -0.464 e. The van der Waals surface area contributed by atoms with E-state index in [0.29, 0.717) is 45.2 Å². The van der Waals surface area contributed by atoms with Crippen LogP contribution in [0.1, 0.15) is 10.5 Å². The number of nitrogens with one attached hydrogen (secondary N) is 1. The van der Waals surface area contributed by atoms with E-state index in [1.807, 2.05) is 6.07 Å². The zero-order chi connectivity index (χ0) is 21.8. The number of hydrogen-bond donors (Lipinski definition) is 1. The zero-order valence-electron chi connectivity index (χ0n) is 17.7. The van der Waals surface area contributed by atoms with Gasteiger partial charge in [0.15, 0.2) is 5.82 Å². The van der Waals surface area contributed by atoms with E-state index in [2.05, 4.69) is 30.2 Å². The first kappa shape index (κ1) is 20.8. The number of anilines is 3. The molecule has 0 radical (unpaired) electrons. The van der Waals surface area contributed by atoms with Gasteiger partial charge in [0.1, 0.15) is 23.7 Å². The smallest absolute Gasteiger partial charge is 0.356 e. The first-order valence-corrected chi connectivity index (χ1v) is 10.1. The van der Waals surface area contributed by atoms with E-state index in [-0.39, 0.29) is 11.7 Å². The highest BCUT2D eigenvalue weighted by atomic mass is 16.5. The van der Waals surface area contributed by atoms with Crippen molar-refractivity contribution in [1.29, 1.82) is 0 Å². The number of nitrogens with zero attached hydrogens (tertiary/aromatic N) is 7. The fourth-order valence-corrected chi connectivity index (χ4v) is 3.63. The minimum absolute atomic E-state index is 0.258. The van der Waals surface area contributed by atoms with Crippen LogP contribution in [0.15, 0.2) is 18.5 Å². The summed E-state index contributed by atoms with van der Waals surface area (Å²) in [6, 6.07) is 3.22. The molecule has 0 unspecified atom stereocenters. The van der Waals surface area contributed by atoms with Crippen molar-refractivity contribution >= 4 is 29.5 Å². The van der Waals surface area contributed by atoms with Crippen LogP contribution >= 0.6 is 0 Å². The predicted octanol–water partition coefficient (Wildman–Crippen LogP) is 0.187. The summed E-state index contributed by atoms with van der Waals surface area (Å²) in [6.45, 7) is 5.42. The largest absolute Gasteiger partial charge is 0.464 e. The van der Waals surface area contributed by atoms with Crippen LogP contribution in [0.5, 0.6) is 0 Å². The third kappa shape index (κ3) is 4.68. The number of piperazine rings is 1. The number of morpholine rings is 1. The second-order valence-electron chi connectivity index (χ2n) is 7.27. The van der Waals surface area contributed by atoms with Crippen molar-refractivity contribution < 1.29 is 19.1 Å². The Hall–Kier alpha value is -3.41. The van der Waals surface area contributed by atoms with Gasteiger partial charge in [-0.25, -0.2) is 19.6 Å². The standard InChI is InChI=1S/C19H26N8O4/c1-24-14(18(28)30-2)11-15(23-24)22-19(29)27-5-3-25(4-6-27)16-12-17(21-13-20-16)26-7-9-31-10-8-26/h11-13H,3-10H2,1-2H3,(H,22,23,29). The summed E-state index contributed by atoms with van der Waals surface area (Å²) in [5.41, 5.74) is 0.266. The Morgan fingerprint density at radius 2 is 1.65 bits per heavy atom. The summed E-state index contributed by atoms with van der Waals surface area (Å²) in [7, 11) is 2.92. The number of carbonyl (C=O) groups excluding carboxylic acids is 2. The zero-order valence-corrected chi connectivity index (χ0v) is 17.7. The quantitative estimate of drug-likeness (QED) is 0.678. The normalized spacial score (nSPS) is 16.9. The number of rotatable bonds is 4. The lowest BCUT2D eigenvalue weighted by atomic mass is 10.3. The Balaban J connectivity index is 1.33. The number of methoxy groups -OCH3 is 1. The predicted molar refractivity (Wildman–Crippen MR) is 112 cm³/mol. The highest BCUT2D eigenvalue weighted by molar-refractivity contribution is 5.92. The van der Waals surface area contributed by atoms with Crippen LogP contribution in [0.25, 0.3) is 0 Å². The van der Waals surface area contributed by atoms with Crippen molar-refractivity contribution in [2.24, 2.45) is 7.05 Å². The number of ether oxygens (including phenoxy) is 2. The SMILES string of the molecule is COC(=O)c1cc(NC(=O)N2CCN(c3cc(N4CCOCC4)ncn3)CC2)nn1C. The molecule has 2 aromatic heterocycles. The maximum Gasteiger partial charge on any atom is 0.356 e. The van der Waals surface area contributed by atoms with Crippen LogP contribution < -0.4 is 15.1 Å². The summed E-state index contributed by atoms with van der Waals surface area (Å²) >= 11 is 0. The number of aryl methyl sites for hydroxylation is 1. The van der Waals surface area contributed by atoms with Crippen LogP contribution in [0.4, 0.5) is 22.2 Å². The van der Waals surface area contributed by atoms with Gasteiger partial charge in [-0.1, -0.05) is 0 Å². The van der Waals surface area contributed by atoms with E-state index in [9.17, 15) is 9.59 Å². The summed E-state index contributed by atoms with van der Waals surface area (Å²) in [5, 5.41) is 6.89. The average Bonchev–Trinajstić information content (AvgIpc) is 3.19. The molecule has 2 aliphatic heterocycles. The second kappa shape index (κ2) is 9.16. The molecule has 12 nitrogen and oxygen atoms in total. The maximum atomic E-state index is 12.6. The number of hydrogen-bond acceptors (Lipinski definition) is 9. The number of amides is 2. The molecule has 0 aliphatic carbocycles. The van der Waals surface area contributed by atoms with Gasteiger partial charge in [0.2, 0.25) is 0 Å². The molecule has 166 valence electrons. The molecular weight excluding hydrogens is 404 g/mol. The third-order valence-electron chi connectivity index (χ3n) is 5.37. The van der Waals surface area contributed by atoms with Gasteiger partial charge >= 0.3 is 12.0 Å². The molecule has 2 amide bonds. The molecule has 12 heteroatoms. The van der Waals surface area contributed by atoms with Gasteiger partial charge in [0, 0.05) is 58.4 Å². The highest BCUT2D eigenvalue weighted by Gasteiger charge is 2.24. The lowest BCUT2D eigenvalue weighted by Crippen LogP contribution is -2.50. The third-order valence-corrected chi connectivity index (χ3v) is 5.37. The van der Waals surface area contributed by atoms with Crippen LogP contribution in [0.2, 0.25) is 0 Å². The molecule has 4 rings (SSSR count). The van der Waals surface area contributed by atoms with Crippen LogP contribution in [-0.2, 0) is 16.5 Å². The van der Waals surface area contributed by atoms with Gasteiger partial charge < -0.3 is 24.2 Å². The number of carbonyl (C=O) groups is 2. The van der Waals surface area contributed by atoms with Gasteiger partial charge in [-0.05, 0) is 0 Å². The van der Waals surface area contributed by atoms with Crippen molar-refractivity contribution in [2.75, 3.05) is 74.7 Å². The first-order valence-electron chi connectivity index (χ1n) is 10.1. The van der Waals surface area contributed by atoms with Crippen LogP contribution in [0.3, 0.4) is 0 Å².